The molecule has 1 saturated carbocycles. The third kappa shape index (κ3) is 1.63. The summed E-state index contributed by atoms with van der Waals surface area (Å²) in [6, 6.07) is 3.60. The quantitative estimate of drug-likeness (QED) is 0.575. The molecule has 0 amide bonds. The highest BCUT2D eigenvalue weighted by molar-refractivity contribution is 5.80. The molecule has 1 unspecified atom stereocenters. The van der Waals surface area contributed by atoms with Gasteiger partial charge in [0.1, 0.15) is 11.7 Å². The Balaban J connectivity index is 1.55. The smallest absolute Gasteiger partial charge is 0.338 e. The molecular weight excluding hydrogens is 362 g/mol. The van der Waals surface area contributed by atoms with E-state index < -0.39 is 28.8 Å². The molecule has 3 heterocycles. The number of likely N-dealkylation sites (N-methyl/N-ethyl adjacent to an activating group) is 1. The minimum atomic E-state index is -0.979. The van der Waals surface area contributed by atoms with Crippen LogP contribution >= 0.6 is 0 Å². The highest BCUT2D eigenvalue weighted by Crippen LogP contribution is 2.70. The van der Waals surface area contributed by atoms with Gasteiger partial charge in [-0.15, -0.1) is 0 Å². The number of epoxide rings is 1. The van der Waals surface area contributed by atoms with Crippen LogP contribution in [0.15, 0.2) is 12.1 Å². The van der Waals surface area contributed by atoms with Gasteiger partial charge in [-0.25, -0.2) is 4.79 Å². The molecule has 3 fully saturated rings. The average Bonchev–Trinajstić information content (AvgIpc) is 3.27. The van der Waals surface area contributed by atoms with Crippen molar-refractivity contribution in [2.75, 3.05) is 20.2 Å². The number of phenolic OH excluding ortho intramolecular Hbond substituents is 1. The van der Waals surface area contributed by atoms with E-state index in [1.165, 1.54) is 0 Å². The summed E-state index contributed by atoms with van der Waals surface area (Å²) in [6.07, 6.45) is 1.32. The number of benzene rings is 1. The Morgan fingerprint density at radius 2 is 2.18 bits per heavy atom. The number of ether oxygens (including phenoxy) is 3. The van der Waals surface area contributed by atoms with Gasteiger partial charge in [0, 0.05) is 11.6 Å². The van der Waals surface area contributed by atoms with E-state index in [0.717, 1.165) is 24.1 Å². The first-order valence-corrected chi connectivity index (χ1v) is 10.2. The number of hydrogen-bond donors (Lipinski definition) is 2. The minimum absolute atomic E-state index is 0.0208. The van der Waals surface area contributed by atoms with Gasteiger partial charge >= 0.3 is 5.97 Å². The van der Waals surface area contributed by atoms with Gasteiger partial charge in [0.05, 0.1) is 17.6 Å². The summed E-state index contributed by atoms with van der Waals surface area (Å²) in [5, 5.41) is 22.6. The second-order valence-corrected chi connectivity index (χ2v) is 9.00. The second kappa shape index (κ2) is 5.01. The average molecular weight is 387 g/mol. The third-order valence-corrected chi connectivity index (χ3v) is 8.05. The summed E-state index contributed by atoms with van der Waals surface area (Å²) < 4.78 is 17.6. The van der Waals surface area contributed by atoms with Gasteiger partial charge in [-0.05, 0) is 57.8 Å². The zero-order valence-corrected chi connectivity index (χ0v) is 16.1. The molecule has 5 aliphatic rings. The number of piperidine rings is 1. The van der Waals surface area contributed by atoms with E-state index in [0.29, 0.717) is 31.6 Å². The molecule has 150 valence electrons. The Labute approximate surface area is 163 Å². The van der Waals surface area contributed by atoms with Crippen LogP contribution in [0.5, 0.6) is 11.5 Å². The maximum atomic E-state index is 12.4. The summed E-state index contributed by atoms with van der Waals surface area (Å²) in [6.45, 7) is 2.90. The number of phenols is 1. The van der Waals surface area contributed by atoms with Crippen molar-refractivity contribution in [1.82, 2.24) is 4.90 Å². The van der Waals surface area contributed by atoms with E-state index in [1.807, 2.05) is 6.07 Å². The van der Waals surface area contributed by atoms with E-state index in [9.17, 15) is 15.0 Å². The minimum Gasteiger partial charge on any atom is -0.504 e. The third-order valence-electron chi connectivity index (χ3n) is 8.05. The van der Waals surface area contributed by atoms with Gasteiger partial charge in [0.25, 0.3) is 0 Å². The van der Waals surface area contributed by atoms with Crippen molar-refractivity contribution < 1.29 is 29.2 Å². The van der Waals surface area contributed by atoms with Gasteiger partial charge in [0.2, 0.25) is 0 Å². The lowest BCUT2D eigenvalue weighted by Crippen LogP contribution is -2.77. The van der Waals surface area contributed by atoms with Crippen molar-refractivity contribution in [1.29, 1.82) is 0 Å². The molecule has 3 aliphatic heterocycles. The lowest BCUT2D eigenvalue weighted by Gasteiger charge is -2.63. The predicted octanol–water partition coefficient (Wildman–Crippen LogP) is 0.877. The molecule has 28 heavy (non-hydrogen) atoms. The molecule has 6 rings (SSSR count). The van der Waals surface area contributed by atoms with E-state index in [4.69, 9.17) is 14.2 Å². The van der Waals surface area contributed by atoms with E-state index in [-0.39, 0.29) is 17.8 Å². The van der Waals surface area contributed by atoms with Crippen LogP contribution < -0.4 is 4.74 Å². The topological polar surface area (TPSA) is 91.8 Å². The molecule has 7 nitrogen and oxygen atoms in total. The SMILES string of the molecule is CCOC(=O)[C@@H]1OC12CC[C@@]1(O)[C@H]3Cc4ccc(O)c5c4[C@@]1(CCN3C)[C@H]2O5. The number of rotatable bonds is 2. The van der Waals surface area contributed by atoms with Crippen LogP contribution in [0, 0.1) is 0 Å². The number of carbonyl (C=O) groups is 1. The number of aromatic hydroxyl groups is 1. The zero-order chi connectivity index (χ0) is 19.5. The molecule has 6 atom stereocenters. The van der Waals surface area contributed by atoms with Gasteiger partial charge in [-0.1, -0.05) is 6.07 Å². The maximum Gasteiger partial charge on any atom is 0.338 e. The van der Waals surface area contributed by atoms with Crippen molar-refractivity contribution >= 4 is 5.97 Å². The fraction of sp³-hybridized carbons (Fsp3) is 0.667. The summed E-state index contributed by atoms with van der Waals surface area (Å²) >= 11 is 0. The van der Waals surface area contributed by atoms with Gasteiger partial charge < -0.3 is 29.3 Å². The number of aliphatic hydroxyl groups is 1. The van der Waals surface area contributed by atoms with Crippen LogP contribution in [-0.4, -0.2) is 70.7 Å². The highest BCUT2D eigenvalue weighted by Gasteiger charge is 2.82. The van der Waals surface area contributed by atoms with E-state index >= 15 is 0 Å². The first kappa shape index (κ1) is 17.1. The maximum absolute atomic E-state index is 12.4. The van der Waals surface area contributed by atoms with Gasteiger partial charge in [-0.3, -0.25) is 0 Å². The largest absolute Gasteiger partial charge is 0.504 e. The number of fused-ring (bicyclic) bond motifs is 1. The zero-order valence-electron chi connectivity index (χ0n) is 16.1. The molecule has 0 radical (unpaired) electrons. The normalized spacial score (nSPS) is 44.8. The predicted molar refractivity (Wildman–Crippen MR) is 97.4 cm³/mol. The fourth-order valence-electron chi connectivity index (χ4n) is 6.82. The Hall–Kier alpha value is -1.83. The van der Waals surface area contributed by atoms with Crippen molar-refractivity contribution in [2.24, 2.45) is 0 Å². The Kier molecular flexibility index (Phi) is 3.05. The van der Waals surface area contributed by atoms with Crippen LogP contribution in [-0.2, 0) is 26.1 Å². The van der Waals surface area contributed by atoms with Crippen LogP contribution in [0.1, 0.15) is 37.3 Å². The standard InChI is InChI=1S/C21H25NO6/c1-3-26-17(24)16-20(28-16)6-7-21(25)13-10-11-4-5-12(23)15-14(11)19(21,18(20)27-15)8-9-22(13)2/h4-5,13,16,18,23,25H,3,6-10H2,1-2H3/t13-,16+,18-,19+,20?,21-/m1/s1. The van der Waals surface area contributed by atoms with Crippen LogP contribution in [0.3, 0.4) is 0 Å². The van der Waals surface area contributed by atoms with Crippen molar-refractivity contribution in [3.63, 3.8) is 0 Å². The molecule has 1 aromatic rings. The number of carbonyl (C=O) groups excluding carboxylic acids is 1. The van der Waals surface area contributed by atoms with Crippen molar-refractivity contribution in [3.05, 3.63) is 23.3 Å². The van der Waals surface area contributed by atoms with Crippen molar-refractivity contribution in [3.8, 4) is 11.5 Å². The molecule has 2 saturated heterocycles. The highest BCUT2D eigenvalue weighted by atomic mass is 16.7. The molecule has 2 spiro atoms. The van der Waals surface area contributed by atoms with Gasteiger partial charge in [-0.2, -0.15) is 0 Å². The lowest BCUT2D eigenvalue weighted by atomic mass is 9.47. The van der Waals surface area contributed by atoms with E-state index in [2.05, 4.69) is 11.9 Å². The molecule has 0 aromatic heterocycles. The number of esters is 1. The molecule has 2 aliphatic carbocycles. The first-order valence-electron chi connectivity index (χ1n) is 10.2. The number of nitrogens with zero attached hydrogens (tertiary/aromatic N) is 1. The van der Waals surface area contributed by atoms with Gasteiger partial charge in [0.15, 0.2) is 17.6 Å². The lowest BCUT2D eigenvalue weighted by molar-refractivity contribution is -0.196. The van der Waals surface area contributed by atoms with Crippen molar-refractivity contribution in [2.45, 2.75) is 67.5 Å². The molecule has 2 bridgehead atoms. The molecule has 7 heteroatoms. The number of hydrogen-bond acceptors (Lipinski definition) is 7. The van der Waals surface area contributed by atoms with Crippen LogP contribution in [0.4, 0.5) is 0 Å². The number of likely N-dealkylation sites (tertiary alicyclic amines) is 1. The Morgan fingerprint density at radius 3 is 2.96 bits per heavy atom. The van der Waals surface area contributed by atoms with Crippen LogP contribution in [0.2, 0.25) is 0 Å². The summed E-state index contributed by atoms with van der Waals surface area (Å²) in [4.78, 5) is 14.7. The molecule has 2 N–H and O–H groups in total. The first-order chi connectivity index (χ1) is 13.4. The summed E-state index contributed by atoms with van der Waals surface area (Å²) in [5.74, 6) is 0.183. The monoisotopic (exact) mass is 387 g/mol. The summed E-state index contributed by atoms with van der Waals surface area (Å²) in [7, 11) is 2.06. The van der Waals surface area contributed by atoms with Crippen LogP contribution in [0.25, 0.3) is 0 Å². The Morgan fingerprint density at radius 1 is 1.36 bits per heavy atom. The molecular formula is C21H25NO6. The molecule has 1 aromatic carbocycles. The van der Waals surface area contributed by atoms with E-state index in [1.54, 1.807) is 13.0 Å². The fourth-order valence-corrected chi connectivity index (χ4v) is 6.82. The Bertz CT molecular complexity index is 903. The second-order valence-electron chi connectivity index (χ2n) is 9.00. The summed E-state index contributed by atoms with van der Waals surface area (Å²) in [5.41, 5.74) is -0.402.